The van der Waals surface area contributed by atoms with E-state index in [9.17, 15) is 27.3 Å². The van der Waals surface area contributed by atoms with Crippen LogP contribution in [-0.4, -0.2) is 18.3 Å². The lowest BCUT2D eigenvalue weighted by atomic mass is 10.2. The molecule has 0 amide bonds. The highest BCUT2D eigenvalue weighted by Crippen LogP contribution is 2.38. The summed E-state index contributed by atoms with van der Waals surface area (Å²) in [5.74, 6) is -0.913. The molecule has 0 aliphatic carbocycles. The van der Waals surface area contributed by atoms with Gasteiger partial charge in [0.25, 0.3) is 15.5 Å². The summed E-state index contributed by atoms with van der Waals surface area (Å²) in [6, 6.07) is 0. The number of nitro groups is 1. The van der Waals surface area contributed by atoms with Gasteiger partial charge in [0.05, 0.1) is 5.56 Å². The van der Waals surface area contributed by atoms with Crippen LogP contribution in [0.1, 0.15) is 12.0 Å². The molecule has 0 aliphatic rings. The third-order valence-electron chi connectivity index (χ3n) is 1.66. The number of alkyl halides is 2. The highest BCUT2D eigenvalue weighted by atomic mass is 79.9. The van der Waals surface area contributed by atoms with Gasteiger partial charge in [-0.2, -0.15) is 0 Å². The van der Waals surface area contributed by atoms with Gasteiger partial charge in [-0.05, 0) is 25.8 Å². The number of hydrogen-bond acceptors (Lipinski definition) is 5. The van der Waals surface area contributed by atoms with Gasteiger partial charge < -0.3 is 10.1 Å². The zero-order valence-electron chi connectivity index (χ0n) is 7.60. The van der Waals surface area contributed by atoms with Gasteiger partial charge in [-0.1, -0.05) is 0 Å². The van der Waals surface area contributed by atoms with E-state index in [2.05, 4.69) is 20.9 Å². The highest BCUT2D eigenvalue weighted by Gasteiger charge is 2.31. The Morgan fingerprint density at radius 3 is 2.41 bits per heavy atom. The molecule has 0 atom stereocenters. The molecule has 1 aromatic rings. The largest absolute Gasteiger partial charge is 0.378 e. The molecule has 0 unspecified atom stereocenters. The second kappa shape index (κ2) is 4.78. The lowest BCUT2D eigenvalue weighted by molar-refractivity contribution is -0.390. The van der Waals surface area contributed by atoms with Gasteiger partial charge in [-0.3, -0.25) is 0 Å². The van der Waals surface area contributed by atoms with Gasteiger partial charge in [0.15, 0.2) is 6.20 Å². The standard InChI is InChI=1S/C6H2BrClF2N2O4S/c7-4-3(5(9)10)2(17(8,15)16)1-11-6(4)12(13)14/h1,5H. The highest BCUT2D eigenvalue weighted by molar-refractivity contribution is 9.10. The van der Waals surface area contributed by atoms with Crippen molar-refractivity contribution in [2.75, 3.05) is 0 Å². The first-order chi connectivity index (χ1) is 7.66. The Hall–Kier alpha value is -0.870. The molecule has 1 heterocycles. The summed E-state index contributed by atoms with van der Waals surface area (Å²) >= 11 is 2.52. The minimum Gasteiger partial charge on any atom is -0.358 e. The Morgan fingerprint density at radius 1 is 1.53 bits per heavy atom. The van der Waals surface area contributed by atoms with E-state index in [4.69, 9.17) is 10.7 Å². The van der Waals surface area contributed by atoms with Crippen LogP contribution in [0, 0.1) is 10.1 Å². The minimum absolute atomic E-state index is 0.423. The minimum atomic E-state index is -4.47. The summed E-state index contributed by atoms with van der Waals surface area (Å²) in [7, 11) is 0.454. The first-order valence-electron chi connectivity index (χ1n) is 3.72. The SMILES string of the molecule is O=[N+]([O-])c1ncc(S(=O)(=O)Cl)c(C(F)F)c1Br. The van der Waals surface area contributed by atoms with Crippen LogP contribution < -0.4 is 0 Å². The molecule has 6 nitrogen and oxygen atoms in total. The van der Waals surface area contributed by atoms with Gasteiger partial charge in [-0.25, -0.2) is 17.2 Å². The van der Waals surface area contributed by atoms with Gasteiger partial charge in [0.1, 0.15) is 9.37 Å². The Kier molecular flexibility index (Phi) is 3.99. The average molecular weight is 352 g/mol. The summed E-state index contributed by atoms with van der Waals surface area (Å²) in [5.41, 5.74) is -1.08. The predicted molar refractivity (Wildman–Crippen MR) is 56.6 cm³/mol. The molecule has 0 fully saturated rings. The molecule has 0 aromatic carbocycles. The van der Waals surface area contributed by atoms with Crippen molar-refractivity contribution in [1.29, 1.82) is 0 Å². The summed E-state index contributed by atoms with van der Waals surface area (Å²) < 4.78 is 46.6. The second-order valence-electron chi connectivity index (χ2n) is 2.67. The maximum atomic E-state index is 12.7. The first kappa shape index (κ1) is 14.2. The monoisotopic (exact) mass is 350 g/mol. The molecule has 0 N–H and O–H groups in total. The van der Waals surface area contributed by atoms with E-state index in [0.29, 0.717) is 6.20 Å². The molecule has 0 aliphatic heterocycles. The number of halogens is 4. The average Bonchev–Trinajstić information content (AvgIpc) is 2.14. The second-order valence-corrected chi connectivity index (χ2v) is 6.00. The van der Waals surface area contributed by atoms with Crippen LogP contribution in [0.3, 0.4) is 0 Å². The van der Waals surface area contributed by atoms with E-state index in [1.54, 1.807) is 0 Å². The van der Waals surface area contributed by atoms with E-state index in [0.717, 1.165) is 0 Å². The van der Waals surface area contributed by atoms with Crippen LogP contribution in [-0.2, 0) is 9.05 Å². The number of hydrogen-bond donors (Lipinski definition) is 0. The van der Waals surface area contributed by atoms with Gasteiger partial charge in [0, 0.05) is 10.7 Å². The quantitative estimate of drug-likeness (QED) is 0.474. The number of nitrogens with zero attached hydrogens (tertiary/aromatic N) is 2. The zero-order valence-corrected chi connectivity index (χ0v) is 10.8. The topological polar surface area (TPSA) is 90.2 Å². The molecule has 94 valence electrons. The van der Waals surface area contributed by atoms with Crippen molar-refractivity contribution in [2.45, 2.75) is 11.3 Å². The van der Waals surface area contributed by atoms with Crippen molar-refractivity contribution in [3.8, 4) is 0 Å². The normalized spacial score (nSPS) is 11.8. The van der Waals surface area contributed by atoms with Crippen molar-refractivity contribution < 1.29 is 22.1 Å². The molecule has 0 saturated heterocycles. The molecule has 1 aromatic heterocycles. The third kappa shape index (κ3) is 2.87. The Morgan fingerprint density at radius 2 is 2.06 bits per heavy atom. The predicted octanol–water partition coefficient (Wildman–Crippen LogP) is 2.62. The number of rotatable bonds is 3. The summed E-state index contributed by atoms with van der Waals surface area (Å²) in [6.07, 6.45) is -2.83. The summed E-state index contributed by atoms with van der Waals surface area (Å²) in [5, 5.41) is 10.4. The molecule has 0 saturated carbocycles. The molecule has 0 radical (unpaired) electrons. The Bertz CT molecular complexity index is 580. The maximum absolute atomic E-state index is 12.7. The van der Waals surface area contributed by atoms with Gasteiger partial charge >= 0.3 is 5.82 Å². The van der Waals surface area contributed by atoms with E-state index in [1.165, 1.54) is 0 Å². The van der Waals surface area contributed by atoms with Crippen LogP contribution >= 0.6 is 26.6 Å². The Labute approximate surface area is 106 Å². The van der Waals surface area contributed by atoms with Crippen molar-refractivity contribution in [3.63, 3.8) is 0 Å². The Balaban J connectivity index is 3.69. The van der Waals surface area contributed by atoms with Crippen molar-refractivity contribution in [3.05, 3.63) is 26.3 Å². The van der Waals surface area contributed by atoms with Gasteiger partial charge in [-0.15, -0.1) is 0 Å². The van der Waals surface area contributed by atoms with E-state index in [1.807, 2.05) is 0 Å². The van der Waals surface area contributed by atoms with E-state index >= 15 is 0 Å². The van der Waals surface area contributed by atoms with Crippen LogP contribution in [0.2, 0.25) is 0 Å². The lowest BCUT2D eigenvalue weighted by Crippen LogP contribution is -2.04. The van der Waals surface area contributed by atoms with Crippen molar-refractivity contribution in [2.24, 2.45) is 0 Å². The fraction of sp³-hybridized carbons (Fsp3) is 0.167. The fourth-order valence-corrected chi connectivity index (χ4v) is 2.77. The zero-order chi connectivity index (χ0) is 13.4. The summed E-state index contributed by atoms with van der Waals surface area (Å²) in [4.78, 5) is 11.6. The van der Waals surface area contributed by atoms with Crippen molar-refractivity contribution >= 4 is 41.5 Å². The summed E-state index contributed by atoms with van der Waals surface area (Å²) in [6.45, 7) is 0. The molecule has 0 spiro atoms. The van der Waals surface area contributed by atoms with Crippen molar-refractivity contribution in [1.82, 2.24) is 4.98 Å². The number of aromatic nitrogens is 1. The number of pyridine rings is 1. The third-order valence-corrected chi connectivity index (χ3v) is 3.79. The van der Waals surface area contributed by atoms with Gasteiger partial charge in [0.2, 0.25) is 0 Å². The fourth-order valence-electron chi connectivity index (χ4n) is 1.000. The van der Waals surface area contributed by atoms with E-state index < -0.39 is 41.1 Å². The van der Waals surface area contributed by atoms with Crippen LogP contribution in [0.5, 0.6) is 0 Å². The molecule has 1 rings (SSSR count). The first-order valence-corrected chi connectivity index (χ1v) is 6.82. The molecular formula is C6H2BrClF2N2O4S. The maximum Gasteiger partial charge on any atom is 0.378 e. The van der Waals surface area contributed by atoms with Crippen LogP contribution in [0.15, 0.2) is 15.6 Å². The van der Waals surface area contributed by atoms with E-state index in [-0.39, 0.29) is 0 Å². The smallest absolute Gasteiger partial charge is 0.358 e. The molecule has 0 bridgehead atoms. The molecule has 11 heteroatoms. The van der Waals surface area contributed by atoms with Crippen LogP contribution in [0.25, 0.3) is 0 Å². The molecular weight excluding hydrogens is 349 g/mol. The lowest BCUT2D eigenvalue weighted by Gasteiger charge is -2.06. The molecule has 17 heavy (non-hydrogen) atoms. The van der Waals surface area contributed by atoms with Crippen LogP contribution in [0.4, 0.5) is 14.6 Å².